The first kappa shape index (κ1) is 8.26. The molecule has 1 saturated heterocycles. The lowest BCUT2D eigenvalue weighted by atomic mass is 10.5. The van der Waals surface area contributed by atoms with Crippen LogP contribution in [0.5, 0.6) is 0 Å². The van der Waals surface area contributed by atoms with E-state index >= 15 is 0 Å². The Morgan fingerprint density at radius 2 is 2.18 bits per heavy atom. The van der Waals surface area contributed by atoms with Gasteiger partial charge in [0.25, 0.3) is 0 Å². The van der Waals surface area contributed by atoms with Crippen LogP contribution in [0.2, 0.25) is 0 Å². The number of rotatable bonds is 3. The van der Waals surface area contributed by atoms with Crippen molar-refractivity contribution in [2.45, 2.75) is 6.92 Å². The number of ether oxygens (including phenoxy) is 1. The van der Waals surface area contributed by atoms with Gasteiger partial charge < -0.3 is 4.74 Å². The summed E-state index contributed by atoms with van der Waals surface area (Å²) in [6.07, 6.45) is 0. The molecule has 0 bridgehead atoms. The van der Waals surface area contributed by atoms with Gasteiger partial charge in [-0.15, -0.1) is 5.01 Å². The topological polar surface area (TPSA) is 48.6 Å². The van der Waals surface area contributed by atoms with E-state index in [2.05, 4.69) is 0 Å². The lowest BCUT2D eigenvalue weighted by molar-refractivity contribution is -0.952. The van der Waals surface area contributed by atoms with Crippen molar-refractivity contribution < 1.29 is 14.5 Å². The minimum absolute atomic E-state index is 0.529. The Labute approximate surface area is 65.9 Å². The highest BCUT2D eigenvalue weighted by atomic mass is 16.7. The Bertz CT molecular complexity index is 134. The van der Waals surface area contributed by atoms with Gasteiger partial charge >= 0.3 is 0 Å². The summed E-state index contributed by atoms with van der Waals surface area (Å²) in [6, 6.07) is 0. The molecule has 0 atom stereocenters. The maximum Gasteiger partial charge on any atom is 0.219 e. The molecule has 0 saturated carbocycles. The molecule has 1 aliphatic heterocycles. The van der Waals surface area contributed by atoms with Gasteiger partial charge in [-0.05, 0) is 6.92 Å². The highest BCUT2D eigenvalue weighted by molar-refractivity contribution is 4.48. The minimum atomic E-state index is 0.529. The Kier molecular flexibility index (Phi) is 3.10. The summed E-state index contributed by atoms with van der Waals surface area (Å²) in [5, 5.41) is 1.80. The van der Waals surface area contributed by atoms with Crippen LogP contribution in [0.4, 0.5) is 0 Å². The standard InChI is InChI=1S/C6H14N3O2/c1-2-11-9(7)8-3-5-10-6-4-8/h7H,2-6H2,1H3/q+1. The zero-order chi connectivity index (χ0) is 8.10. The van der Waals surface area contributed by atoms with E-state index in [1.807, 2.05) is 6.92 Å². The molecule has 1 rings (SSSR count). The van der Waals surface area contributed by atoms with E-state index in [1.165, 1.54) is 0 Å². The monoisotopic (exact) mass is 160 g/mol. The third kappa shape index (κ3) is 2.34. The van der Waals surface area contributed by atoms with E-state index in [-0.39, 0.29) is 0 Å². The molecule has 1 heterocycles. The van der Waals surface area contributed by atoms with Crippen molar-refractivity contribution in [1.82, 2.24) is 5.01 Å². The number of nitrogens with zero attached hydrogens (tertiary/aromatic N) is 2. The van der Waals surface area contributed by atoms with Gasteiger partial charge in [0.15, 0.2) is 6.61 Å². The van der Waals surface area contributed by atoms with Crippen LogP contribution < -0.4 is 0 Å². The SMILES string of the molecule is CCO[N+](=N)N1CCOCC1. The lowest BCUT2D eigenvalue weighted by Gasteiger charge is -2.19. The van der Waals surface area contributed by atoms with Gasteiger partial charge in [-0.1, -0.05) is 0 Å². The fourth-order valence-electron chi connectivity index (χ4n) is 0.939. The number of hydrogen-bond donors (Lipinski definition) is 1. The van der Waals surface area contributed by atoms with Crippen LogP contribution in [0, 0.1) is 5.53 Å². The summed E-state index contributed by atoms with van der Waals surface area (Å²) in [6.45, 7) is 5.24. The number of nitrogens with one attached hydrogen (secondary N) is 1. The van der Waals surface area contributed by atoms with Crippen molar-refractivity contribution in [3.63, 3.8) is 0 Å². The Hall–Kier alpha value is -0.840. The molecule has 0 aromatic carbocycles. The summed E-state index contributed by atoms with van der Waals surface area (Å²) >= 11 is 0. The van der Waals surface area contributed by atoms with Crippen molar-refractivity contribution >= 4 is 0 Å². The first-order valence-electron chi connectivity index (χ1n) is 3.81. The molecule has 1 fully saturated rings. The third-order valence-corrected chi connectivity index (χ3v) is 1.50. The maximum atomic E-state index is 7.35. The molecule has 0 aromatic rings. The van der Waals surface area contributed by atoms with E-state index in [9.17, 15) is 0 Å². The van der Waals surface area contributed by atoms with Gasteiger partial charge in [-0.2, -0.15) is 0 Å². The molecule has 1 aliphatic rings. The van der Waals surface area contributed by atoms with E-state index in [1.54, 1.807) is 5.01 Å². The predicted molar refractivity (Wildman–Crippen MR) is 37.0 cm³/mol. The zero-order valence-electron chi connectivity index (χ0n) is 6.75. The molecule has 0 aromatic heterocycles. The van der Waals surface area contributed by atoms with Gasteiger partial charge in [0.1, 0.15) is 13.1 Å². The van der Waals surface area contributed by atoms with Gasteiger partial charge in [0.05, 0.1) is 13.2 Å². The summed E-state index contributed by atoms with van der Waals surface area (Å²) in [5.41, 5.74) is 7.35. The van der Waals surface area contributed by atoms with E-state index in [0.29, 0.717) is 19.8 Å². The lowest BCUT2D eigenvalue weighted by Crippen LogP contribution is -2.42. The molecule has 0 unspecified atom stereocenters. The Morgan fingerprint density at radius 3 is 2.73 bits per heavy atom. The highest BCUT2D eigenvalue weighted by Gasteiger charge is 2.21. The van der Waals surface area contributed by atoms with Crippen LogP contribution in [0.25, 0.3) is 0 Å². The van der Waals surface area contributed by atoms with Crippen molar-refractivity contribution in [3.8, 4) is 0 Å². The number of morpholine rings is 1. The first-order chi connectivity index (χ1) is 5.34. The highest BCUT2D eigenvalue weighted by Crippen LogP contribution is 1.97. The Morgan fingerprint density at radius 1 is 1.55 bits per heavy atom. The van der Waals surface area contributed by atoms with Gasteiger partial charge in [-0.25, -0.2) is 4.84 Å². The van der Waals surface area contributed by atoms with E-state index < -0.39 is 0 Å². The fraction of sp³-hybridized carbons (Fsp3) is 1.00. The van der Waals surface area contributed by atoms with Gasteiger partial charge in [0, 0.05) is 5.53 Å². The number of hydrogen-bond acceptors (Lipinski definition) is 3. The van der Waals surface area contributed by atoms with Gasteiger partial charge in [0.2, 0.25) is 4.97 Å². The summed E-state index contributed by atoms with van der Waals surface area (Å²) in [5.74, 6) is 0. The molecular formula is C6H14N3O2+. The largest absolute Gasteiger partial charge is 0.377 e. The average molecular weight is 160 g/mol. The minimum Gasteiger partial charge on any atom is -0.377 e. The fourth-order valence-corrected chi connectivity index (χ4v) is 0.939. The quantitative estimate of drug-likeness (QED) is 0.365. The molecule has 0 amide bonds. The molecule has 0 radical (unpaired) electrons. The van der Waals surface area contributed by atoms with Crippen LogP contribution in [-0.4, -0.2) is 42.9 Å². The molecule has 5 nitrogen and oxygen atoms in total. The van der Waals surface area contributed by atoms with E-state index in [0.717, 1.165) is 18.1 Å². The average Bonchev–Trinajstić information content (AvgIpc) is 2.07. The van der Waals surface area contributed by atoms with Crippen molar-refractivity contribution in [1.29, 1.82) is 5.53 Å². The summed E-state index contributed by atoms with van der Waals surface area (Å²) in [7, 11) is 0. The molecule has 11 heavy (non-hydrogen) atoms. The first-order valence-corrected chi connectivity index (χ1v) is 3.81. The second kappa shape index (κ2) is 4.12. The number of hydrazine groups is 1. The van der Waals surface area contributed by atoms with Gasteiger partial charge in [-0.3, -0.25) is 0 Å². The van der Waals surface area contributed by atoms with Crippen LogP contribution >= 0.6 is 0 Å². The smallest absolute Gasteiger partial charge is 0.219 e. The van der Waals surface area contributed by atoms with E-state index in [4.69, 9.17) is 15.1 Å². The maximum absolute atomic E-state index is 7.35. The molecule has 5 heteroatoms. The second-order valence-corrected chi connectivity index (χ2v) is 2.26. The molecule has 0 spiro atoms. The summed E-state index contributed by atoms with van der Waals surface area (Å²) in [4.78, 5) is 6.00. The van der Waals surface area contributed by atoms with Crippen molar-refractivity contribution in [2.75, 3.05) is 32.9 Å². The summed E-state index contributed by atoms with van der Waals surface area (Å²) < 4.78 is 5.12. The van der Waals surface area contributed by atoms with Crippen LogP contribution in [0.1, 0.15) is 6.92 Å². The van der Waals surface area contributed by atoms with Crippen molar-refractivity contribution in [3.05, 3.63) is 0 Å². The van der Waals surface area contributed by atoms with Crippen LogP contribution in [0.3, 0.4) is 0 Å². The zero-order valence-corrected chi connectivity index (χ0v) is 6.75. The third-order valence-electron chi connectivity index (χ3n) is 1.50. The van der Waals surface area contributed by atoms with Crippen LogP contribution in [0.15, 0.2) is 0 Å². The molecular weight excluding hydrogens is 146 g/mol. The molecule has 0 aliphatic carbocycles. The predicted octanol–water partition coefficient (Wildman–Crippen LogP) is 0.229. The molecule has 64 valence electrons. The normalized spacial score (nSPS) is 18.1. The Balaban J connectivity index is 2.27. The second-order valence-electron chi connectivity index (χ2n) is 2.26. The van der Waals surface area contributed by atoms with Crippen molar-refractivity contribution in [2.24, 2.45) is 0 Å². The van der Waals surface area contributed by atoms with Crippen LogP contribution in [-0.2, 0) is 9.57 Å². The molecule has 1 N–H and O–H groups in total.